The van der Waals surface area contributed by atoms with Gasteiger partial charge in [0.05, 0.1) is 17.6 Å². The fourth-order valence-electron chi connectivity index (χ4n) is 3.28. The highest BCUT2D eigenvalue weighted by molar-refractivity contribution is 6.30. The van der Waals surface area contributed by atoms with Crippen LogP contribution in [0.4, 0.5) is 21.6 Å². The standard InChI is InChI=1S/C20H19ClFN5/c1-12-19(21)24-13(2)25-20(12)27-8-7-17-14(11-27)9-15(10-23-17)26-18-6-4-3-5-16(18)22/h3-6,9-10,26H,7-8,11H2,1-2H3. The van der Waals surface area contributed by atoms with Gasteiger partial charge in [0.2, 0.25) is 0 Å². The lowest BCUT2D eigenvalue weighted by Crippen LogP contribution is -2.32. The molecule has 0 unspecified atom stereocenters. The predicted molar refractivity (Wildman–Crippen MR) is 105 cm³/mol. The van der Waals surface area contributed by atoms with E-state index in [0.717, 1.165) is 41.3 Å². The molecule has 138 valence electrons. The Kier molecular flexibility index (Phi) is 4.66. The summed E-state index contributed by atoms with van der Waals surface area (Å²) in [5, 5.41) is 3.59. The van der Waals surface area contributed by atoms with Crippen LogP contribution in [-0.4, -0.2) is 21.5 Å². The highest BCUT2D eigenvalue weighted by Gasteiger charge is 2.22. The molecule has 0 atom stereocenters. The van der Waals surface area contributed by atoms with Crippen molar-refractivity contribution in [2.75, 3.05) is 16.8 Å². The Morgan fingerprint density at radius 2 is 2.00 bits per heavy atom. The van der Waals surface area contributed by atoms with Gasteiger partial charge in [-0.05, 0) is 37.6 Å². The van der Waals surface area contributed by atoms with E-state index in [9.17, 15) is 4.39 Å². The van der Waals surface area contributed by atoms with Gasteiger partial charge in [-0.15, -0.1) is 0 Å². The molecule has 0 bridgehead atoms. The number of para-hydroxylation sites is 1. The summed E-state index contributed by atoms with van der Waals surface area (Å²) < 4.78 is 13.9. The molecular formula is C20H19ClFN5. The van der Waals surface area contributed by atoms with E-state index in [1.54, 1.807) is 24.4 Å². The second-order valence-electron chi connectivity index (χ2n) is 6.62. The second kappa shape index (κ2) is 7.12. The second-order valence-corrected chi connectivity index (χ2v) is 6.97. The lowest BCUT2D eigenvalue weighted by Gasteiger charge is -2.30. The van der Waals surface area contributed by atoms with Gasteiger partial charge in [-0.25, -0.2) is 14.4 Å². The van der Waals surface area contributed by atoms with E-state index in [0.29, 0.717) is 23.2 Å². The molecule has 0 saturated heterocycles. The molecule has 0 amide bonds. The molecule has 0 radical (unpaired) electrons. The van der Waals surface area contributed by atoms with Gasteiger partial charge in [0.25, 0.3) is 0 Å². The molecule has 1 N–H and O–H groups in total. The Hall–Kier alpha value is -2.73. The van der Waals surface area contributed by atoms with Crippen molar-refractivity contribution < 1.29 is 4.39 Å². The number of nitrogens with zero attached hydrogens (tertiary/aromatic N) is 4. The molecule has 0 aliphatic carbocycles. The molecule has 1 aliphatic rings. The monoisotopic (exact) mass is 383 g/mol. The molecule has 4 rings (SSSR count). The minimum absolute atomic E-state index is 0.293. The van der Waals surface area contributed by atoms with Gasteiger partial charge in [0, 0.05) is 30.8 Å². The molecule has 3 aromatic rings. The average Bonchev–Trinajstić information content (AvgIpc) is 2.66. The van der Waals surface area contributed by atoms with Crippen LogP contribution in [0, 0.1) is 19.7 Å². The molecule has 1 aromatic carbocycles. The number of fused-ring (bicyclic) bond motifs is 1. The number of aromatic nitrogens is 3. The summed E-state index contributed by atoms with van der Waals surface area (Å²) in [6.07, 6.45) is 2.56. The van der Waals surface area contributed by atoms with E-state index in [-0.39, 0.29) is 5.82 Å². The van der Waals surface area contributed by atoms with E-state index in [4.69, 9.17) is 11.6 Å². The first-order chi connectivity index (χ1) is 13.0. The zero-order valence-corrected chi connectivity index (χ0v) is 15.9. The SMILES string of the molecule is Cc1nc(Cl)c(C)c(N2CCc3ncc(Nc4ccccc4F)cc3C2)n1. The number of aryl methyl sites for hydroxylation is 1. The summed E-state index contributed by atoms with van der Waals surface area (Å²) >= 11 is 6.23. The van der Waals surface area contributed by atoms with Gasteiger partial charge in [-0.1, -0.05) is 23.7 Å². The maximum atomic E-state index is 13.9. The number of nitrogens with one attached hydrogen (secondary N) is 1. The van der Waals surface area contributed by atoms with Gasteiger partial charge in [-0.2, -0.15) is 0 Å². The molecule has 0 spiro atoms. The maximum absolute atomic E-state index is 13.9. The zero-order chi connectivity index (χ0) is 19.0. The highest BCUT2D eigenvalue weighted by Crippen LogP contribution is 2.29. The number of rotatable bonds is 3. The molecule has 27 heavy (non-hydrogen) atoms. The van der Waals surface area contributed by atoms with Crippen molar-refractivity contribution in [3.05, 3.63) is 70.1 Å². The van der Waals surface area contributed by atoms with Gasteiger partial charge >= 0.3 is 0 Å². The highest BCUT2D eigenvalue weighted by atomic mass is 35.5. The third kappa shape index (κ3) is 3.57. The van der Waals surface area contributed by atoms with Crippen LogP contribution in [0.15, 0.2) is 36.5 Å². The van der Waals surface area contributed by atoms with Crippen molar-refractivity contribution in [1.82, 2.24) is 15.0 Å². The van der Waals surface area contributed by atoms with Gasteiger partial charge < -0.3 is 10.2 Å². The first-order valence-electron chi connectivity index (χ1n) is 8.76. The lowest BCUT2D eigenvalue weighted by atomic mass is 10.0. The van der Waals surface area contributed by atoms with Crippen LogP contribution >= 0.6 is 11.6 Å². The van der Waals surface area contributed by atoms with E-state index < -0.39 is 0 Å². The minimum atomic E-state index is -0.293. The number of anilines is 3. The van der Waals surface area contributed by atoms with Crippen molar-refractivity contribution in [1.29, 1.82) is 0 Å². The lowest BCUT2D eigenvalue weighted by molar-refractivity contribution is 0.632. The average molecular weight is 384 g/mol. The summed E-state index contributed by atoms with van der Waals surface area (Å²) in [6.45, 7) is 5.25. The smallest absolute Gasteiger partial charge is 0.146 e. The van der Waals surface area contributed by atoms with Crippen molar-refractivity contribution in [3.8, 4) is 0 Å². The van der Waals surface area contributed by atoms with Crippen LogP contribution in [0.25, 0.3) is 0 Å². The predicted octanol–water partition coefficient (Wildman–Crippen LogP) is 4.59. The quantitative estimate of drug-likeness (QED) is 0.670. The first-order valence-corrected chi connectivity index (χ1v) is 9.14. The third-order valence-electron chi connectivity index (χ3n) is 4.66. The van der Waals surface area contributed by atoms with E-state index in [1.807, 2.05) is 19.9 Å². The summed E-state index contributed by atoms with van der Waals surface area (Å²) in [5.74, 6) is 1.21. The summed E-state index contributed by atoms with van der Waals surface area (Å²) in [7, 11) is 0. The third-order valence-corrected chi connectivity index (χ3v) is 5.03. The van der Waals surface area contributed by atoms with Crippen molar-refractivity contribution >= 4 is 28.8 Å². The fourth-order valence-corrected chi connectivity index (χ4v) is 3.49. The first kappa shape index (κ1) is 17.7. The number of benzene rings is 1. The van der Waals surface area contributed by atoms with Crippen LogP contribution in [0.5, 0.6) is 0 Å². The fraction of sp³-hybridized carbons (Fsp3) is 0.250. The Balaban J connectivity index is 1.62. The van der Waals surface area contributed by atoms with Crippen molar-refractivity contribution in [2.24, 2.45) is 0 Å². The van der Waals surface area contributed by atoms with Gasteiger partial charge in [0.1, 0.15) is 22.6 Å². The van der Waals surface area contributed by atoms with Gasteiger partial charge in [0.15, 0.2) is 0 Å². The molecule has 1 aliphatic heterocycles. The molecular weight excluding hydrogens is 365 g/mol. The van der Waals surface area contributed by atoms with Crippen LogP contribution in [-0.2, 0) is 13.0 Å². The molecule has 5 nitrogen and oxygen atoms in total. The maximum Gasteiger partial charge on any atom is 0.146 e. The molecule has 7 heteroatoms. The molecule has 0 saturated carbocycles. The molecule has 3 heterocycles. The Morgan fingerprint density at radius 1 is 1.19 bits per heavy atom. The number of pyridine rings is 1. The van der Waals surface area contributed by atoms with E-state index >= 15 is 0 Å². The Bertz CT molecular complexity index is 1010. The number of hydrogen-bond acceptors (Lipinski definition) is 5. The van der Waals surface area contributed by atoms with Crippen molar-refractivity contribution in [3.63, 3.8) is 0 Å². The number of hydrogen-bond donors (Lipinski definition) is 1. The molecule has 2 aromatic heterocycles. The van der Waals surface area contributed by atoms with Gasteiger partial charge in [-0.3, -0.25) is 4.98 Å². The Labute approximate surface area is 162 Å². The zero-order valence-electron chi connectivity index (χ0n) is 15.1. The van der Waals surface area contributed by atoms with Crippen LogP contribution in [0.2, 0.25) is 5.15 Å². The van der Waals surface area contributed by atoms with Crippen LogP contribution < -0.4 is 10.2 Å². The Morgan fingerprint density at radius 3 is 2.81 bits per heavy atom. The minimum Gasteiger partial charge on any atom is -0.352 e. The van der Waals surface area contributed by atoms with Crippen molar-refractivity contribution in [2.45, 2.75) is 26.8 Å². The van der Waals surface area contributed by atoms with Crippen LogP contribution in [0.3, 0.4) is 0 Å². The summed E-state index contributed by atoms with van der Waals surface area (Å²) in [4.78, 5) is 15.5. The van der Waals surface area contributed by atoms with E-state index in [2.05, 4.69) is 25.2 Å². The number of halogens is 2. The summed E-state index contributed by atoms with van der Waals surface area (Å²) in [6, 6.07) is 8.62. The largest absolute Gasteiger partial charge is 0.352 e. The summed E-state index contributed by atoms with van der Waals surface area (Å²) in [5.41, 5.74) is 4.21. The van der Waals surface area contributed by atoms with Crippen LogP contribution in [0.1, 0.15) is 22.6 Å². The normalized spacial score (nSPS) is 13.4. The topological polar surface area (TPSA) is 53.9 Å². The van der Waals surface area contributed by atoms with E-state index in [1.165, 1.54) is 6.07 Å². The molecule has 0 fully saturated rings.